The first kappa shape index (κ1) is 20.3. The van der Waals surface area contributed by atoms with Crippen molar-refractivity contribution in [1.29, 1.82) is 0 Å². The fourth-order valence-corrected chi connectivity index (χ4v) is 3.06. The number of ether oxygens (including phenoxy) is 1. The first-order chi connectivity index (χ1) is 15.1. The molecule has 0 spiro atoms. The van der Waals surface area contributed by atoms with Crippen LogP contribution in [0.15, 0.2) is 96.1 Å². The van der Waals surface area contributed by atoms with E-state index in [2.05, 4.69) is 10.5 Å². The van der Waals surface area contributed by atoms with Gasteiger partial charge in [0.25, 0.3) is 5.91 Å². The Bertz CT molecular complexity index is 1270. The Balaban J connectivity index is 1.35. The molecule has 0 aliphatic carbocycles. The number of hydrazone groups is 1. The van der Waals surface area contributed by atoms with Crippen LogP contribution in [0.3, 0.4) is 0 Å². The first-order valence-electron chi connectivity index (χ1n) is 9.48. The van der Waals surface area contributed by atoms with E-state index >= 15 is 0 Å². The SMILES string of the molecule is O=C(N/N=C\c1ccc(OC(=O)c2ccc(Cl)cc2)cc1)c1ccc2ccccc2c1. The number of benzene rings is 4. The third-order valence-corrected chi connectivity index (χ3v) is 4.81. The molecule has 6 heteroatoms. The second-order valence-electron chi connectivity index (χ2n) is 6.73. The Morgan fingerprint density at radius 1 is 0.806 bits per heavy atom. The molecule has 0 atom stereocenters. The molecule has 0 radical (unpaired) electrons. The molecular formula is C25H17ClN2O3. The van der Waals surface area contributed by atoms with Crippen molar-refractivity contribution in [1.82, 2.24) is 5.43 Å². The lowest BCUT2D eigenvalue weighted by Crippen LogP contribution is -2.17. The summed E-state index contributed by atoms with van der Waals surface area (Å²) in [5, 5.41) is 6.61. The minimum absolute atomic E-state index is 0.296. The number of esters is 1. The topological polar surface area (TPSA) is 67.8 Å². The van der Waals surface area contributed by atoms with Crippen LogP contribution in [-0.4, -0.2) is 18.1 Å². The van der Waals surface area contributed by atoms with Crippen LogP contribution in [0, 0.1) is 0 Å². The van der Waals surface area contributed by atoms with Gasteiger partial charge in [0.05, 0.1) is 11.8 Å². The van der Waals surface area contributed by atoms with E-state index in [0.29, 0.717) is 21.9 Å². The number of halogens is 1. The Morgan fingerprint density at radius 3 is 2.23 bits per heavy atom. The van der Waals surface area contributed by atoms with Crippen molar-refractivity contribution in [2.24, 2.45) is 5.10 Å². The van der Waals surface area contributed by atoms with Gasteiger partial charge in [-0.1, -0.05) is 41.9 Å². The average Bonchev–Trinajstić information content (AvgIpc) is 2.80. The number of hydrogen-bond acceptors (Lipinski definition) is 4. The molecule has 31 heavy (non-hydrogen) atoms. The molecule has 5 nitrogen and oxygen atoms in total. The van der Waals surface area contributed by atoms with Gasteiger partial charge in [-0.25, -0.2) is 10.2 Å². The number of carbonyl (C=O) groups is 2. The van der Waals surface area contributed by atoms with E-state index < -0.39 is 5.97 Å². The lowest BCUT2D eigenvalue weighted by atomic mass is 10.1. The van der Waals surface area contributed by atoms with Crippen molar-refractivity contribution in [3.63, 3.8) is 0 Å². The van der Waals surface area contributed by atoms with Crippen LogP contribution in [0.25, 0.3) is 10.8 Å². The van der Waals surface area contributed by atoms with Gasteiger partial charge >= 0.3 is 5.97 Å². The largest absolute Gasteiger partial charge is 0.423 e. The predicted octanol–water partition coefficient (Wildman–Crippen LogP) is 5.48. The third kappa shape index (κ3) is 5.15. The van der Waals surface area contributed by atoms with Gasteiger partial charge in [-0.05, 0) is 77.0 Å². The summed E-state index contributed by atoms with van der Waals surface area (Å²) in [7, 11) is 0. The van der Waals surface area contributed by atoms with Gasteiger partial charge in [-0.3, -0.25) is 4.79 Å². The van der Waals surface area contributed by atoms with Gasteiger partial charge in [0.2, 0.25) is 0 Å². The third-order valence-electron chi connectivity index (χ3n) is 4.56. The summed E-state index contributed by atoms with van der Waals surface area (Å²) >= 11 is 5.82. The van der Waals surface area contributed by atoms with Crippen LogP contribution in [-0.2, 0) is 0 Å². The minimum atomic E-state index is -0.472. The van der Waals surface area contributed by atoms with Gasteiger partial charge in [-0.2, -0.15) is 5.10 Å². The zero-order chi connectivity index (χ0) is 21.6. The van der Waals surface area contributed by atoms with Crippen LogP contribution in [0.5, 0.6) is 5.75 Å². The van der Waals surface area contributed by atoms with Crippen molar-refractivity contribution in [2.75, 3.05) is 0 Å². The summed E-state index contributed by atoms with van der Waals surface area (Å²) in [5.74, 6) is -0.367. The molecular weight excluding hydrogens is 412 g/mol. The molecule has 4 rings (SSSR count). The lowest BCUT2D eigenvalue weighted by Gasteiger charge is -2.05. The minimum Gasteiger partial charge on any atom is -0.423 e. The zero-order valence-corrected chi connectivity index (χ0v) is 17.0. The van der Waals surface area contributed by atoms with Crippen molar-refractivity contribution in [3.05, 3.63) is 113 Å². The molecule has 0 fully saturated rings. The number of rotatable bonds is 5. The second-order valence-corrected chi connectivity index (χ2v) is 7.16. The molecule has 1 amide bonds. The van der Waals surface area contributed by atoms with E-state index in [-0.39, 0.29) is 5.91 Å². The monoisotopic (exact) mass is 428 g/mol. The molecule has 4 aromatic carbocycles. The standard InChI is InChI=1S/C25H17ClN2O3/c26-22-11-9-19(10-12-22)25(30)31-23-13-5-17(6-14-23)16-27-28-24(29)21-8-7-18-3-1-2-4-20(18)15-21/h1-16H,(H,28,29)/b27-16-. The number of nitrogens with one attached hydrogen (secondary N) is 1. The van der Waals surface area contributed by atoms with Gasteiger partial charge in [0.15, 0.2) is 0 Å². The molecule has 0 saturated carbocycles. The normalized spacial score (nSPS) is 10.9. The molecule has 0 aromatic heterocycles. The summed E-state index contributed by atoms with van der Waals surface area (Å²) in [6.07, 6.45) is 1.52. The Kier molecular flexibility index (Phi) is 6.05. The first-order valence-corrected chi connectivity index (χ1v) is 9.86. The number of nitrogens with zero attached hydrogens (tertiary/aromatic N) is 1. The molecule has 0 aliphatic heterocycles. The van der Waals surface area contributed by atoms with Crippen LogP contribution in [0.2, 0.25) is 5.02 Å². The maximum absolute atomic E-state index is 12.3. The Hall–Kier alpha value is -3.96. The summed E-state index contributed by atoms with van der Waals surface area (Å²) in [4.78, 5) is 24.5. The molecule has 4 aromatic rings. The van der Waals surface area contributed by atoms with Crippen LogP contribution in [0.1, 0.15) is 26.3 Å². The van der Waals surface area contributed by atoms with E-state index in [0.717, 1.165) is 16.3 Å². The van der Waals surface area contributed by atoms with E-state index in [4.69, 9.17) is 16.3 Å². The van der Waals surface area contributed by atoms with E-state index in [1.807, 2.05) is 36.4 Å². The van der Waals surface area contributed by atoms with Crippen LogP contribution in [0.4, 0.5) is 0 Å². The summed E-state index contributed by atoms with van der Waals surface area (Å²) < 4.78 is 5.33. The van der Waals surface area contributed by atoms with Crippen LogP contribution >= 0.6 is 11.6 Å². The number of fused-ring (bicyclic) bond motifs is 1. The van der Waals surface area contributed by atoms with Gasteiger partial charge in [0, 0.05) is 10.6 Å². The number of carbonyl (C=O) groups excluding carboxylic acids is 2. The predicted molar refractivity (Wildman–Crippen MR) is 122 cm³/mol. The summed E-state index contributed by atoms with van der Waals surface area (Å²) in [5.41, 5.74) is 4.20. The van der Waals surface area contributed by atoms with Crippen LogP contribution < -0.4 is 10.2 Å². The van der Waals surface area contributed by atoms with Crippen molar-refractivity contribution in [2.45, 2.75) is 0 Å². The van der Waals surface area contributed by atoms with Gasteiger partial charge < -0.3 is 4.74 Å². The van der Waals surface area contributed by atoms with E-state index in [1.54, 1.807) is 54.6 Å². The molecule has 0 aliphatic rings. The number of amides is 1. The van der Waals surface area contributed by atoms with Crippen molar-refractivity contribution < 1.29 is 14.3 Å². The quantitative estimate of drug-likeness (QED) is 0.198. The Morgan fingerprint density at radius 2 is 1.48 bits per heavy atom. The highest BCUT2D eigenvalue weighted by molar-refractivity contribution is 6.30. The van der Waals surface area contributed by atoms with Gasteiger partial charge in [0.1, 0.15) is 5.75 Å². The molecule has 0 saturated heterocycles. The molecule has 0 heterocycles. The highest BCUT2D eigenvalue weighted by atomic mass is 35.5. The highest BCUT2D eigenvalue weighted by Crippen LogP contribution is 2.17. The fraction of sp³-hybridized carbons (Fsp3) is 0. The average molecular weight is 429 g/mol. The van der Waals surface area contributed by atoms with E-state index in [9.17, 15) is 9.59 Å². The molecule has 0 unspecified atom stereocenters. The van der Waals surface area contributed by atoms with E-state index in [1.165, 1.54) is 6.21 Å². The summed E-state index contributed by atoms with van der Waals surface area (Å²) in [6, 6.07) is 26.5. The second kappa shape index (κ2) is 9.24. The molecule has 1 N–H and O–H groups in total. The molecule has 152 valence electrons. The molecule has 0 bridgehead atoms. The zero-order valence-electron chi connectivity index (χ0n) is 16.3. The maximum Gasteiger partial charge on any atom is 0.343 e. The fourth-order valence-electron chi connectivity index (χ4n) is 2.93. The van der Waals surface area contributed by atoms with Crippen molar-refractivity contribution >= 4 is 40.5 Å². The van der Waals surface area contributed by atoms with Gasteiger partial charge in [-0.15, -0.1) is 0 Å². The highest BCUT2D eigenvalue weighted by Gasteiger charge is 2.08. The lowest BCUT2D eigenvalue weighted by molar-refractivity contribution is 0.0734. The van der Waals surface area contributed by atoms with Crippen molar-refractivity contribution in [3.8, 4) is 5.75 Å². The maximum atomic E-state index is 12.3. The Labute approximate surface area is 183 Å². The number of hydrogen-bond donors (Lipinski definition) is 1. The smallest absolute Gasteiger partial charge is 0.343 e. The summed E-state index contributed by atoms with van der Waals surface area (Å²) in [6.45, 7) is 0.